The fourth-order valence-electron chi connectivity index (χ4n) is 2.86. The summed E-state index contributed by atoms with van der Waals surface area (Å²) in [5.41, 5.74) is 0.958. The van der Waals surface area contributed by atoms with E-state index in [2.05, 4.69) is 20.0 Å². The zero-order valence-electron chi connectivity index (χ0n) is 17.0. The van der Waals surface area contributed by atoms with Crippen LogP contribution >= 0.6 is 0 Å². The lowest BCUT2D eigenvalue weighted by Crippen LogP contribution is -2.32. The first-order valence-electron chi connectivity index (χ1n) is 9.16. The van der Waals surface area contributed by atoms with Gasteiger partial charge in [-0.2, -0.15) is 0 Å². The number of hydrogen-bond donors (Lipinski definition) is 3. The molecule has 1 amide bonds. The van der Waals surface area contributed by atoms with Crippen LogP contribution in [0.3, 0.4) is 0 Å². The average molecular weight is 462 g/mol. The summed E-state index contributed by atoms with van der Waals surface area (Å²) in [4.78, 5) is 32.4. The minimum absolute atomic E-state index is 0.0189. The van der Waals surface area contributed by atoms with Crippen LogP contribution in [0.5, 0.6) is 5.75 Å². The summed E-state index contributed by atoms with van der Waals surface area (Å²) in [5, 5.41) is 13.1. The van der Waals surface area contributed by atoms with Crippen molar-refractivity contribution in [3.63, 3.8) is 0 Å². The third kappa shape index (κ3) is 5.53. The van der Waals surface area contributed by atoms with Crippen LogP contribution in [0.4, 0.5) is 10.2 Å². The van der Waals surface area contributed by atoms with Crippen LogP contribution in [-0.2, 0) is 26.0 Å². The first kappa shape index (κ1) is 23.0. The Labute approximate surface area is 182 Å². The van der Waals surface area contributed by atoms with Gasteiger partial charge in [-0.05, 0) is 35.7 Å². The van der Waals surface area contributed by atoms with Gasteiger partial charge in [0.1, 0.15) is 17.2 Å². The zero-order chi connectivity index (χ0) is 23.5. The number of halogens is 1. The van der Waals surface area contributed by atoms with Crippen molar-refractivity contribution in [2.45, 2.75) is 6.42 Å². The number of methoxy groups -OCH3 is 1. The normalized spacial score (nSPS) is 11.3. The number of rotatable bonds is 7. The van der Waals surface area contributed by atoms with Gasteiger partial charge in [-0.1, -0.05) is 12.1 Å². The highest BCUT2D eigenvalue weighted by Crippen LogP contribution is 2.32. The second-order valence-electron chi connectivity index (χ2n) is 6.83. The Morgan fingerprint density at radius 2 is 1.88 bits per heavy atom. The van der Waals surface area contributed by atoms with E-state index in [0.717, 1.165) is 18.9 Å². The van der Waals surface area contributed by atoms with Crippen molar-refractivity contribution in [3.8, 4) is 5.75 Å². The highest BCUT2D eigenvalue weighted by atomic mass is 32.2. The third-order valence-electron chi connectivity index (χ3n) is 4.32. The maximum atomic E-state index is 13.2. The van der Waals surface area contributed by atoms with Crippen molar-refractivity contribution in [1.29, 1.82) is 0 Å². The number of carbonyl (C=O) groups excluding carboxylic acids is 2. The fourth-order valence-corrected chi connectivity index (χ4v) is 3.25. The standard InChI is InChI=1S/C20H19FN4O6S/c1-31-20(28)17-18(27)16-14(19(25-17)24-15(26)10-23-32(2,29)30)8-12(9-22-16)7-11-3-5-13(21)6-4-11/h3-6,8-9,23,27H,7,10H2,1-2H3,(H,24,25,26). The van der Waals surface area contributed by atoms with E-state index in [1.165, 1.54) is 18.3 Å². The molecule has 0 saturated carbocycles. The maximum absolute atomic E-state index is 13.2. The van der Waals surface area contributed by atoms with Gasteiger partial charge in [0.2, 0.25) is 15.9 Å². The lowest BCUT2D eigenvalue weighted by Gasteiger charge is -2.13. The number of hydrogen-bond acceptors (Lipinski definition) is 8. The summed E-state index contributed by atoms with van der Waals surface area (Å²) in [6.07, 6.45) is 2.73. The number of sulfonamides is 1. The largest absolute Gasteiger partial charge is 0.504 e. The Balaban J connectivity index is 2.04. The van der Waals surface area contributed by atoms with Gasteiger partial charge in [0.15, 0.2) is 11.4 Å². The number of carbonyl (C=O) groups is 2. The molecule has 3 N–H and O–H groups in total. The molecule has 32 heavy (non-hydrogen) atoms. The summed E-state index contributed by atoms with van der Waals surface area (Å²) in [6.45, 7) is -0.570. The van der Waals surface area contributed by atoms with E-state index in [1.54, 1.807) is 18.2 Å². The smallest absolute Gasteiger partial charge is 0.360 e. The molecule has 3 rings (SSSR count). The van der Waals surface area contributed by atoms with Crippen molar-refractivity contribution in [3.05, 3.63) is 59.2 Å². The van der Waals surface area contributed by atoms with Crippen molar-refractivity contribution in [2.75, 3.05) is 25.2 Å². The molecule has 0 saturated heterocycles. The van der Waals surface area contributed by atoms with E-state index in [9.17, 15) is 27.5 Å². The fraction of sp³-hybridized carbons (Fsp3) is 0.200. The van der Waals surface area contributed by atoms with Crippen molar-refractivity contribution < 1.29 is 32.2 Å². The molecular weight excluding hydrogens is 443 g/mol. The molecule has 0 aliphatic heterocycles. The number of amides is 1. The summed E-state index contributed by atoms with van der Waals surface area (Å²) in [7, 11) is -2.52. The predicted molar refractivity (Wildman–Crippen MR) is 113 cm³/mol. The molecule has 1 aromatic carbocycles. The molecule has 3 aromatic rings. The summed E-state index contributed by atoms with van der Waals surface area (Å²) in [5.74, 6) is -2.73. The van der Waals surface area contributed by atoms with Crippen molar-refractivity contribution in [2.24, 2.45) is 0 Å². The predicted octanol–water partition coefficient (Wildman–Crippen LogP) is 1.34. The molecule has 0 fully saturated rings. The summed E-state index contributed by atoms with van der Waals surface area (Å²) >= 11 is 0. The van der Waals surface area contributed by atoms with Gasteiger partial charge in [0, 0.05) is 11.6 Å². The first-order valence-corrected chi connectivity index (χ1v) is 11.1. The van der Waals surface area contributed by atoms with Crippen LogP contribution in [0.25, 0.3) is 10.9 Å². The summed E-state index contributed by atoms with van der Waals surface area (Å²) < 4.78 is 42.3. The van der Waals surface area contributed by atoms with Gasteiger partial charge in [-0.25, -0.2) is 27.3 Å². The molecule has 168 valence electrons. The van der Waals surface area contributed by atoms with Crippen LogP contribution in [0.1, 0.15) is 21.6 Å². The Morgan fingerprint density at radius 3 is 2.50 bits per heavy atom. The number of nitrogens with zero attached hydrogens (tertiary/aromatic N) is 2. The van der Waals surface area contributed by atoms with Crippen LogP contribution in [0, 0.1) is 5.82 Å². The van der Waals surface area contributed by atoms with Gasteiger partial charge in [0.25, 0.3) is 0 Å². The minimum Gasteiger partial charge on any atom is -0.504 e. The number of nitrogens with one attached hydrogen (secondary N) is 2. The van der Waals surface area contributed by atoms with E-state index in [-0.39, 0.29) is 22.5 Å². The zero-order valence-corrected chi connectivity index (χ0v) is 17.9. The number of aromatic nitrogens is 2. The third-order valence-corrected chi connectivity index (χ3v) is 4.99. The molecule has 0 bridgehead atoms. The number of aromatic hydroxyl groups is 1. The lowest BCUT2D eigenvalue weighted by atomic mass is 10.0. The molecule has 2 aromatic heterocycles. The average Bonchev–Trinajstić information content (AvgIpc) is 2.75. The van der Waals surface area contributed by atoms with E-state index >= 15 is 0 Å². The maximum Gasteiger partial charge on any atom is 0.360 e. The number of ether oxygens (including phenoxy) is 1. The molecule has 0 radical (unpaired) electrons. The minimum atomic E-state index is -3.62. The molecule has 12 heteroatoms. The van der Waals surface area contributed by atoms with Crippen molar-refractivity contribution in [1.82, 2.24) is 14.7 Å². The summed E-state index contributed by atoms with van der Waals surface area (Å²) in [6, 6.07) is 7.45. The second-order valence-corrected chi connectivity index (χ2v) is 8.67. The first-order chi connectivity index (χ1) is 15.1. The van der Waals surface area contributed by atoms with E-state index in [1.807, 2.05) is 4.72 Å². The Bertz CT molecular complexity index is 1300. The highest BCUT2D eigenvalue weighted by molar-refractivity contribution is 7.88. The van der Waals surface area contributed by atoms with Gasteiger partial charge in [-0.3, -0.25) is 9.78 Å². The molecule has 2 heterocycles. The number of benzene rings is 1. The van der Waals surface area contributed by atoms with Gasteiger partial charge in [0.05, 0.1) is 19.9 Å². The van der Waals surface area contributed by atoms with E-state index < -0.39 is 39.9 Å². The van der Waals surface area contributed by atoms with E-state index in [0.29, 0.717) is 12.0 Å². The highest BCUT2D eigenvalue weighted by Gasteiger charge is 2.22. The molecule has 0 atom stereocenters. The van der Waals surface area contributed by atoms with Crippen LogP contribution in [-0.4, -0.2) is 55.3 Å². The molecule has 0 unspecified atom stereocenters. The molecule has 10 nitrogen and oxygen atoms in total. The second kappa shape index (κ2) is 9.24. The molecule has 0 aliphatic rings. The molecular formula is C20H19FN4O6S. The Kier molecular flexibility index (Phi) is 6.65. The van der Waals surface area contributed by atoms with Gasteiger partial charge >= 0.3 is 5.97 Å². The monoisotopic (exact) mass is 462 g/mol. The number of esters is 1. The molecule has 0 aliphatic carbocycles. The molecule has 0 spiro atoms. The van der Waals surface area contributed by atoms with Gasteiger partial charge in [-0.15, -0.1) is 0 Å². The Hall–Kier alpha value is -3.64. The quantitative estimate of drug-likeness (QED) is 0.446. The lowest BCUT2D eigenvalue weighted by molar-refractivity contribution is -0.115. The topological polar surface area (TPSA) is 148 Å². The SMILES string of the molecule is COC(=O)c1nc(NC(=O)CNS(C)(=O)=O)c2cc(Cc3ccc(F)cc3)cnc2c1O. The van der Waals surface area contributed by atoms with Gasteiger partial charge < -0.3 is 15.2 Å². The van der Waals surface area contributed by atoms with Crippen LogP contribution in [0.2, 0.25) is 0 Å². The van der Waals surface area contributed by atoms with E-state index in [4.69, 9.17) is 0 Å². The van der Waals surface area contributed by atoms with Crippen LogP contribution in [0.15, 0.2) is 36.5 Å². The number of anilines is 1. The number of pyridine rings is 2. The van der Waals surface area contributed by atoms with Crippen molar-refractivity contribution >= 4 is 38.6 Å². The van der Waals surface area contributed by atoms with Crippen LogP contribution < -0.4 is 10.0 Å². The number of fused-ring (bicyclic) bond motifs is 1. The Morgan fingerprint density at radius 1 is 1.19 bits per heavy atom.